The second-order valence-electron chi connectivity index (χ2n) is 6.24. The van der Waals surface area contributed by atoms with Gasteiger partial charge in [0.15, 0.2) is 0 Å². The first-order chi connectivity index (χ1) is 13.5. The predicted octanol–water partition coefficient (Wildman–Crippen LogP) is 6.99. The summed E-state index contributed by atoms with van der Waals surface area (Å²) in [7, 11) is 0. The maximum atomic E-state index is 14.0. The molecule has 0 spiro atoms. The van der Waals surface area contributed by atoms with E-state index in [0.29, 0.717) is 12.2 Å². The Bertz CT molecular complexity index is 1050. The van der Waals surface area contributed by atoms with Crippen molar-refractivity contribution in [2.45, 2.75) is 13.5 Å². The number of rotatable bonds is 5. The smallest absolute Gasteiger partial charge is 0.146 e. The Morgan fingerprint density at radius 1 is 1.07 bits per heavy atom. The van der Waals surface area contributed by atoms with Crippen LogP contribution < -0.4 is 4.74 Å². The van der Waals surface area contributed by atoms with Crippen molar-refractivity contribution < 1.29 is 9.13 Å². The van der Waals surface area contributed by atoms with Crippen LogP contribution in [-0.2, 0) is 6.61 Å². The van der Waals surface area contributed by atoms with Crippen LogP contribution >= 0.6 is 45.2 Å². The standard InChI is InChI=1S/C23H16FI2NO/c1-15-6-8-16(9-7-15)14-28-23-21(25)11-17(12-22(23)26)10-18(13-27)19-4-2-3-5-20(19)24/h2-12H,14H2,1H3/b18-10-. The topological polar surface area (TPSA) is 33.0 Å². The van der Waals surface area contributed by atoms with E-state index < -0.39 is 5.82 Å². The van der Waals surface area contributed by atoms with Crippen LogP contribution in [-0.4, -0.2) is 0 Å². The van der Waals surface area contributed by atoms with Gasteiger partial charge in [0.25, 0.3) is 0 Å². The minimum atomic E-state index is -0.405. The van der Waals surface area contributed by atoms with E-state index in [4.69, 9.17) is 4.74 Å². The first-order valence-corrected chi connectivity index (χ1v) is 10.7. The summed E-state index contributed by atoms with van der Waals surface area (Å²) in [5.41, 5.74) is 3.74. The second kappa shape index (κ2) is 9.52. The molecular formula is C23H16FI2NO. The molecule has 28 heavy (non-hydrogen) atoms. The monoisotopic (exact) mass is 595 g/mol. The van der Waals surface area contributed by atoms with Gasteiger partial charge in [-0.25, -0.2) is 4.39 Å². The zero-order chi connectivity index (χ0) is 20.1. The number of ether oxygens (including phenoxy) is 1. The quantitative estimate of drug-likeness (QED) is 0.181. The molecule has 0 radical (unpaired) electrons. The largest absolute Gasteiger partial charge is 0.487 e. The molecule has 0 bridgehead atoms. The van der Waals surface area contributed by atoms with Crippen molar-refractivity contribution in [2.75, 3.05) is 0 Å². The van der Waals surface area contributed by atoms with Gasteiger partial charge in [0.05, 0.1) is 18.8 Å². The van der Waals surface area contributed by atoms with Gasteiger partial charge in [-0.1, -0.05) is 48.0 Å². The molecule has 0 aliphatic carbocycles. The molecule has 3 aromatic carbocycles. The molecule has 0 aliphatic rings. The van der Waals surface area contributed by atoms with Gasteiger partial charge in [0.1, 0.15) is 18.2 Å². The number of hydrogen-bond acceptors (Lipinski definition) is 2. The zero-order valence-electron chi connectivity index (χ0n) is 15.0. The summed E-state index contributed by atoms with van der Waals surface area (Å²) in [6.45, 7) is 2.54. The molecule has 5 heteroatoms. The van der Waals surface area contributed by atoms with Crippen LogP contribution in [0.2, 0.25) is 0 Å². The summed E-state index contributed by atoms with van der Waals surface area (Å²) in [5.74, 6) is 0.404. The Kier molecular flexibility index (Phi) is 7.08. The molecule has 140 valence electrons. The van der Waals surface area contributed by atoms with Gasteiger partial charge < -0.3 is 4.74 Å². The molecule has 0 unspecified atom stereocenters. The van der Waals surface area contributed by atoms with Crippen LogP contribution in [0.1, 0.15) is 22.3 Å². The molecule has 0 saturated heterocycles. The molecule has 0 heterocycles. The average molecular weight is 595 g/mol. The number of hydrogen-bond donors (Lipinski definition) is 0. The van der Waals surface area contributed by atoms with E-state index in [2.05, 4.69) is 82.4 Å². The summed E-state index contributed by atoms with van der Waals surface area (Å²) in [4.78, 5) is 0. The Morgan fingerprint density at radius 2 is 1.71 bits per heavy atom. The average Bonchev–Trinajstić information content (AvgIpc) is 2.67. The van der Waals surface area contributed by atoms with Crippen molar-refractivity contribution in [1.82, 2.24) is 0 Å². The van der Waals surface area contributed by atoms with Gasteiger partial charge in [-0.05, 0) is 87.5 Å². The van der Waals surface area contributed by atoms with E-state index in [0.717, 1.165) is 24.0 Å². The van der Waals surface area contributed by atoms with Crippen molar-refractivity contribution in [3.05, 3.63) is 95.9 Å². The maximum absolute atomic E-state index is 14.0. The van der Waals surface area contributed by atoms with Crippen LogP contribution in [0.4, 0.5) is 4.39 Å². The fourth-order valence-corrected chi connectivity index (χ4v) is 4.78. The summed E-state index contributed by atoms with van der Waals surface area (Å²) in [6, 6.07) is 20.5. The summed E-state index contributed by atoms with van der Waals surface area (Å²) in [5, 5.41) is 9.47. The van der Waals surface area contributed by atoms with Gasteiger partial charge in [-0.3, -0.25) is 0 Å². The Labute approximate surface area is 191 Å². The number of nitrogens with zero attached hydrogens (tertiary/aromatic N) is 1. The first-order valence-electron chi connectivity index (χ1n) is 8.52. The molecule has 3 rings (SSSR count). The lowest BCUT2D eigenvalue weighted by atomic mass is 10.0. The molecule has 0 N–H and O–H groups in total. The van der Waals surface area contributed by atoms with Crippen LogP contribution in [0, 0.1) is 31.2 Å². The van der Waals surface area contributed by atoms with E-state index in [9.17, 15) is 9.65 Å². The van der Waals surface area contributed by atoms with Crippen molar-refractivity contribution in [2.24, 2.45) is 0 Å². The van der Waals surface area contributed by atoms with Crippen molar-refractivity contribution >= 4 is 56.8 Å². The molecule has 0 aliphatic heterocycles. The summed E-state index contributed by atoms with van der Waals surface area (Å²) in [6.07, 6.45) is 1.70. The minimum absolute atomic E-state index is 0.290. The third-order valence-corrected chi connectivity index (χ3v) is 5.72. The molecule has 0 amide bonds. The van der Waals surface area contributed by atoms with E-state index in [1.807, 2.05) is 12.1 Å². The highest BCUT2D eigenvalue weighted by Crippen LogP contribution is 2.31. The number of halogens is 3. The highest BCUT2D eigenvalue weighted by atomic mass is 127. The fourth-order valence-electron chi connectivity index (χ4n) is 2.66. The SMILES string of the molecule is Cc1ccc(COc2c(I)cc(/C=C(/C#N)c3ccccc3F)cc2I)cc1. The van der Waals surface area contributed by atoms with Gasteiger partial charge in [-0.2, -0.15) is 5.26 Å². The molecule has 0 aromatic heterocycles. The molecule has 0 atom stereocenters. The third-order valence-electron chi connectivity index (χ3n) is 4.12. The van der Waals surface area contributed by atoms with Gasteiger partial charge >= 0.3 is 0 Å². The highest BCUT2D eigenvalue weighted by molar-refractivity contribution is 14.1. The lowest BCUT2D eigenvalue weighted by Gasteiger charge is -2.12. The summed E-state index contributed by atoms with van der Waals surface area (Å²) >= 11 is 4.45. The zero-order valence-corrected chi connectivity index (χ0v) is 19.4. The van der Waals surface area contributed by atoms with E-state index in [1.54, 1.807) is 24.3 Å². The first kappa shape index (κ1) is 20.8. The lowest BCUT2D eigenvalue weighted by molar-refractivity contribution is 0.301. The van der Waals surface area contributed by atoms with Crippen LogP contribution in [0.15, 0.2) is 60.7 Å². The number of benzene rings is 3. The van der Waals surface area contributed by atoms with Crippen molar-refractivity contribution in [3.8, 4) is 11.8 Å². The van der Waals surface area contributed by atoms with Crippen LogP contribution in [0.25, 0.3) is 11.6 Å². The number of nitriles is 1. The number of aryl methyl sites for hydroxylation is 1. The molecule has 0 fully saturated rings. The van der Waals surface area contributed by atoms with E-state index in [1.165, 1.54) is 11.6 Å². The van der Waals surface area contributed by atoms with Crippen LogP contribution in [0.5, 0.6) is 5.75 Å². The maximum Gasteiger partial charge on any atom is 0.146 e. The minimum Gasteiger partial charge on any atom is -0.487 e. The van der Waals surface area contributed by atoms with Gasteiger partial charge in [-0.15, -0.1) is 0 Å². The number of allylic oxidation sites excluding steroid dienone is 1. The molecule has 0 saturated carbocycles. The predicted molar refractivity (Wildman–Crippen MR) is 127 cm³/mol. The second-order valence-corrected chi connectivity index (χ2v) is 8.56. The van der Waals surface area contributed by atoms with Gasteiger partial charge in [0.2, 0.25) is 0 Å². The van der Waals surface area contributed by atoms with Crippen LogP contribution in [0.3, 0.4) is 0 Å². The van der Waals surface area contributed by atoms with Gasteiger partial charge in [0, 0.05) is 5.56 Å². The lowest BCUT2D eigenvalue weighted by Crippen LogP contribution is -1.99. The Hall–Kier alpha value is -1.92. The normalized spacial score (nSPS) is 11.2. The Balaban J connectivity index is 1.86. The highest BCUT2D eigenvalue weighted by Gasteiger charge is 2.11. The van der Waals surface area contributed by atoms with Crippen molar-refractivity contribution in [3.63, 3.8) is 0 Å². The summed E-state index contributed by atoms with van der Waals surface area (Å²) < 4.78 is 21.9. The molecular weight excluding hydrogens is 579 g/mol. The molecule has 3 aromatic rings. The Morgan fingerprint density at radius 3 is 2.32 bits per heavy atom. The van der Waals surface area contributed by atoms with E-state index >= 15 is 0 Å². The fraction of sp³-hybridized carbons (Fsp3) is 0.0870. The van der Waals surface area contributed by atoms with Crippen molar-refractivity contribution in [1.29, 1.82) is 5.26 Å². The molecule has 2 nitrogen and oxygen atoms in total. The van der Waals surface area contributed by atoms with E-state index in [-0.39, 0.29) is 5.57 Å². The third kappa shape index (κ3) is 5.11.